The normalized spacial score (nSPS) is 11.7. The molecule has 0 fully saturated rings. The van der Waals surface area contributed by atoms with Crippen molar-refractivity contribution >= 4 is 5.97 Å². The molecule has 0 atom stereocenters. The van der Waals surface area contributed by atoms with E-state index >= 15 is 0 Å². The standard InChI is InChI=1S/C14H18N4O2/c1-8-6-9(2)16-13(15-8)18-7-10(12(19)20)11(17-18)14(3,4)5/h6-7H,1-5H3,(H,19,20). The molecule has 6 nitrogen and oxygen atoms in total. The minimum absolute atomic E-state index is 0.181. The molecule has 0 amide bonds. The molecule has 2 aromatic rings. The second kappa shape index (κ2) is 4.70. The molecular weight excluding hydrogens is 256 g/mol. The van der Waals surface area contributed by atoms with E-state index in [1.807, 2.05) is 40.7 Å². The second-order valence-corrected chi connectivity index (χ2v) is 5.84. The van der Waals surface area contributed by atoms with Crippen LogP contribution in [0.25, 0.3) is 5.95 Å². The van der Waals surface area contributed by atoms with Crippen LogP contribution in [0.15, 0.2) is 12.3 Å². The maximum Gasteiger partial charge on any atom is 0.339 e. The highest BCUT2D eigenvalue weighted by atomic mass is 16.4. The third-order valence-electron chi connectivity index (χ3n) is 2.83. The Labute approximate surface area is 117 Å². The third kappa shape index (κ3) is 2.68. The highest BCUT2D eigenvalue weighted by Gasteiger charge is 2.26. The number of nitrogens with zero attached hydrogens (tertiary/aromatic N) is 4. The number of carboxylic acid groups (broad SMARTS) is 1. The molecule has 1 N–H and O–H groups in total. The van der Waals surface area contributed by atoms with Gasteiger partial charge in [0, 0.05) is 23.0 Å². The SMILES string of the molecule is Cc1cc(C)nc(-n2cc(C(=O)O)c(C(C)(C)C)n2)n1. The fourth-order valence-corrected chi connectivity index (χ4v) is 2.00. The van der Waals surface area contributed by atoms with Crippen LogP contribution in [-0.4, -0.2) is 30.8 Å². The van der Waals surface area contributed by atoms with Gasteiger partial charge in [-0.1, -0.05) is 20.8 Å². The molecule has 0 saturated heterocycles. The topological polar surface area (TPSA) is 80.9 Å². The molecule has 0 unspecified atom stereocenters. The van der Waals surface area contributed by atoms with Crippen LogP contribution < -0.4 is 0 Å². The minimum atomic E-state index is -0.995. The summed E-state index contributed by atoms with van der Waals surface area (Å²) >= 11 is 0. The number of hydrogen-bond donors (Lipinski definition) is 1. The fraction of sp³-hybridized carbons (Fsp3) is 0.429. The maximum absolute atomic E-state index is 11.4. The van der Waals surface area contributed by atoms with Crippen LogP contribution >= 0.6 is 0 Å². The molecule has 0 aliphatic heterocycles. The Hall–Kier alpha value is -2.24. The largest absolute Gasteiger partial charge is 0.478 e. The molecule has 0 aromatic carbocycles. The van der Waals surface area contributed by atoms with Crippen molar-refractivity contribution in [2.24, 2.45) is 0 Å². The summed E-state index contributed by atoms with van der Waals surface area (Å²) in [6.45, 7) is 9.51. The second-order valence-electron chi connectivity index (χ2n) is 5.84. The van der Waals surface area contributed by atoms with E-state index in [4.69, 9.17) is 0 Å². The van der Waals surface area contributed by atoms with E-state index in [1.165, 1.54) is 10.9 Å². The monoisotopic (exact) mass is 274 g/mol. The van der Waals surface area contributed by atoms with Crippen LogP contribution in [0.4, 0.5) is 0 Å². The number of hydrogen-bond acceptors (Lipinski definition) is 4. The maximum atomic E-state index is 11.4. The smallest absolute Gasteiger partial charge is 0.339 e. The molecule has 0 saturated carbocycles. The van der Waals surface area contributed by atoms with Crippen molar-refractivity contribution < 1.29 is 9.90 Å². The molecule has 0 radical (unpaired) electrons. The van der Waals surface area contributed by atoms with E-state index in [-0.39, 0.29) is 11.0 Å². The Kier molecular flexibility index (Phi) is 3.33. The lowest BCUT2D eigenvalue weighted by molar-refractivity contribution is 0.0694. The Morgan fingerprint density at radius 3 is 2.15 bits per heavy atom. The summed E-state index contributed by atoms with van der Waals surface area (Å²) in [6.07, 6.45) is 1.47. The molecule has 6 heteroatoms. The van der Waals surface area contributed by atoms with Crippen molar-refractivity contribution in [3.05, 3.63) is 34.9 Å². The molecule has 0 bridgehead atoms. The van der Waals surface area contributed by atoms with Gasteiger partial charge in [0.15, 0.2) is 0 Å². The third-order valence-corrected chi connectivity index (χ3v) is 2.83. The van der Waals surface area contributed by atoms with Crippen LogP contribution in [0.5, 0.6) is 0 Å². The molecule has 106 valence electrons. The summed E-state index contributed by atoms with van der Waals surface area (Å²) in [5.74, 6) is -0.606. The average molecular weight is 274 g/mol. The molecule has 2 aromatic heterocycles. The Morgan fingerprint density at radius 2 is 1.75 bits per heavy atom. The lowest BCUT2D eigenvalue weighted by Gasteiger charge is -2.15. The zero-order chi connectivity index (χ0) is 15.1. The number of carboxylic acids is 1. The molecule has 20 heavy (non-hydrogen) atoms. The first kappa shape index (κ1) is 14.2. The van der Waals surface area contributed by atoms with Gasteiger partial charge in [-0.2, -0.15) is 5.10 Å². The zero-order valence-corrected chi connectivity index (χ0v) is 12.3. The Bertz CT molecular complexity index is 648. The lowest BCUT2D eigenvalue weighted by Crippen LogP contribution is -2.17. The van der Waals surface area contributed by atoms with Crippen LogP contribution in [0, 0.1) is 13.8 Å². The predicted molar refractivity (Wildman–Crippen MR) is 74.3 cm³/mol. The van der Waals surface area contributed by atoms with E-state index < -0.39 is 5.97 Å². The van der Waals surface area contributed by atoms with Gasteiger partial charge in [-0.05, 0) is 19.9 Å². The summed E-state index contributed by atoms with van der Waals surface area (Å²) in [6, 6.07) is 1.86. The highest BCUT2D eigenvalue weighted by Crippen LogP contribution is 2.25. The van der Waals surface area contributed by atoms with Crippen molar-refractivity contribution in [1.29, 1.82) is 0 Å². The minimum Gasteiger partial charge on any atom is -0.478 e. The summed E-state index contributed by atoms with van der Waals surface area (Å²) in [7, 11) is 0. The van der Waals surface area contributed by atoms with E-state index in [0.29, 0.717) is 11.6 Å². The first-order chi connectivity index (χ1) is 9.18. The van der Waals surface area contributed by atoms with Gasteiger partial charge in [-0.3, -0.25) is 0 Å². The highest BCUT2D eigenvalue weighted by molar-refractivity contribution is 5.89. The number of carbonyl (C=O) groups is 1. The summed E-state index contributed by atoms with van der Waals surface area (Å²) in [5.41, 5.74) is 1.97. The molecule has 0 spiro atoms. The van der Waals surface area contributed by atoms with Gasteiger partial charge in [0.25, 0.3) is 5.95 Å². The predicted octanol–water partition coefficient (Wildman–Crippen LogP) is 2.27. The zero-order valence-electron chi connectivity index (χ0n) is 12.3. The van der Waals surface area contributed by atoms with Crippen molar-refractivity contribution in [1.82, 2.24) is 19.7 Å². The van der Waals surface area contributed by atoms with Crippen molar-refractivity contribution in [2.75, 3.05) is 0 Å². The van der Waals surface area contributed by atoms with E-state index in [9.17, 15) is 9.90 Å². The van der Waals surface area contributed by atoms with Gasteiger partial charge in [0.2, 0.25) is 0 Å². The molecule has 0 aliphatic carbocycles. The van der Waals surface area contributed by atoms with Crippen LogP contribution in [-0.2, 0) is 5.41 Å². The Balaban J connectivity index is 2.62. The van der Waals surface area contributed by atoms with E-state index in [1.54, 1.807) is 0 Å². The summed E-state index contributed by atoms with van der Waals surface area (Å²) in [5, 5.41) is 13.7. The van der Waals surface area contributed by atoms with Gasteiger partial charge in [0.1, 0.15) is 5.56 Å². The van der Waals surface area contributed by atoms with Crippen LogP contribution in [0.3, 0.4) is 0 Å². The number of aryl methyl sites for hydroxylation is 2. The van der Waals surface area contributed by atoms with Crippen molar-refractivity contribution in [3.63, 3.8) is 0 Å². The summed E-state index contributed by atoms with van der Waals surface area (Å²) in [4.78, 5) is 19.9. The van der Waals surface area contributed by atoms with Crippen LogP contribution in [0.1, 0.15) is 48.2 Å². The molecular formula is C14H18N4O2. The van der Waals surface area contributed by atoms with Gasteiger partial charge in [-0.15, -0.1) is 0 Å². The van der Waals surface area contributed by atoms with Crippen molar-refractivity contribution in [2.45, 2.75) is 40.0 Å². The van der Waals surface area contributed by atoms with Gasteiger partial charge in [-0.25, -0.2) is 19.4 Å². The van der Waals surface area contributed by atoms with Crippen LogP contribution in [0.2, 0.25) is 0 Å². The van der Waals surface area contributed by atoms with Crippen molar-refractivity contribution in [3.8, 4) is 5.95 Å². The average Bonchev–Trinajstić information content (AvgIpc) is 2.71. The van der Waals surface area contributed by atoms with Gasteiger partial charge >= 0.3 is 5.97 Å². The van der Waals surface area contributed by atoms with Gasteiger partial charge in [0.05, 0.1) is 5.69 Å². The fourth-order valence-electron chi connectivity index (χ4n) is 2.00. The number of aromatic carboxylic acids is 1. The van der Waals surface area contributed by atoms with Gasteiger partial charge < -0.3 is 5.11 Å². The molecule has 0 aliphatic rings. The first-order valence-electron chi connectivity index (χ1n) is 6.34. The quantitative estimate of drug-likeness (QED) is 0.908. The van der Waals surface area contributed by atoms with E-state index in [0.717, 1.165) is 11.4 Å². The molecule has 2 heterocycles. The first-order valence-corrected chi connectivity index (χ1v) is 6.34. The lowest BCUT2D eigenvalue weighted by atomic mass is 9.90. The number of rotatable bonds is 2. The van der Waals surface area contributed by atoms with E-state index in [2.05, 4.69) is 15.1 Å². The molecule has 2 rings (SSSR count). The Morgan fingerprint density at radius 1 is 1.20 bits per heavy atom. The number of aromatic nitrogens is 4. The summed E-state index contributed by atoms with van der Waals surface area (Å²) < 4.78 is 1.43.